The number of hydrogen-bond acceptors (Lipinski definition) is 6. The molecule has 0 saturated heterocycles. The van der Waals surface area contributed by atoms with Gasteiger partial charge in [-0.1, -0.05) is 17.7 Å². The molecule has 1 heterocycles. The predicted octanol–water partition coefficient (Wildman–Crippen LogP) is 3.46. The highest BCUT2D eigenvalue weighted by Crippen LogP contribution is 2.33. The van der Waals surface area contributed by atoms with Crippen molar-refractivity contribution in [2.24, 2.45) is 5.73 Å². The van der Waals surface area contributed by atoms with E-state index in [9.17, 15) is 5.11 Å². The van der Waals surface area contributed by atoms with Gasteiger partial charge in [0, 0.05) is 11.7 Å². The quantitative estimate of drug-likeness (QED) is 0.614. The maximum atomic E-state index is 9.53. The fraction of sp³-hybridized carbons (Fsp3) is 0.176. The largest absolute Gasteiger partial charge is 0.506 e. The van der Waals surface area contributed by atoms with Crippen LogP contribution in [0.3, 0.4) is 0 Å². The van der Waals surface area contributed by atoms with Crippen LogP contribution < -0.4 is 15.8 Å². The number of ether oxygens (including phenoxy) is 1. The molecule has 0 saturated carbocycles. The third-order valence-electron chi connectivity index (χ3n) is 3.34. The number of nitrogens with zero attached hydrogens (tertiary/aromatic N) is 2. The number of phenols is 1. The smallest absolute Gasteiger partial charge is 0.145 e. The van der Waals surface area contributed by atoms with Gasteiger partial charge in [0.15, 0.2) is 0 Å². The lowest BCUT2D eigenvalue weighted by Gasteiger charge is -2.14. The molecule has 1 atom stereocenters. The van der Waals surface area contributed by atoms with Crippen molar-refractivity contribution >= 4 is 34.0 Å². The predicted molar refractivity (Wildman–Crippen MR) is 95.1 cm³/mol. The monoisotopic (exact) mass is 344 g/mol. The molecule has 7 heteroatoms. The minimum atomic E-state index is -0.0859. The van der Waals surface area contributed by atoms with Gasteiger partial charge in [0.1, 0.15) is 30.3 Å². The molecule has 0 spiro atoms. The summed E-state index contributed by atoms with van der Waals surface area (Å²) in [5.41, 5.74) is 7.21. The number of aromatic nitrogens is 2. The lowest BCUT2D eigenvalue weighted by Crippen LogP contribution is -2.23. The summed E-state index contributed by atoms with van der Waals surface area (Å²) >= 11 is 5.95. The second-order valence-electron chi connectivity index (χ2n) is 5.45. The third-order valence-corrected chi connectivity index (χ3v) is 3.64. The van der Waals surface area contributed by atoms with Crippen LogP contribution in [0.4, 0.5) is 11.5 Å². The first-order valence-corrected chi connectivity index (χ1v) is 7.80. The molecular formula is C17H17ClN4O2. The number of phenolic OH excluding ortho intramolecular Hbond substituents is 1. The van der Waals surface area contributed by atoms with Gasteiger partial charge in [-0.15, -0.1) is 0 Å². The van der Waals surface area contributed by atoms with Gasteiger partial charge < -0.3 is 20.9 Å². The van der Waals surface area contributed by atoms with Gasteiger partial charge in [-0.05, 0) is 37.3 Å². The average molecular weight is 345 g/mol. The van der Waals surface area contributed by atoms with Crippen molar-refractivity contribution < 1.29 is 9.84 Å². The highest BCUT2D eigenvalue weighted by atomic mass is 35.5. The van der Waals surface area contributed by atoms with E-state index in [0.29, 0.717) is 23.9 Å². The van der Waals surface area contributed by atoms with Gasteiger partial charge in [0.25, 0.3) is 0 Å². The first kappa shape index (κ1) is 16.3. The zero-order chi connectivity index (χ0) is 17.1. The molecule has 124 valence electrons. The normalized spacial score (nSPS) is 12.1. The first-order chi connectivity index (χ1) is 11.5. The van der Waals surface area contributed by atoms with E-state index in [1.165, 1.54) is 12.4 Å². The van der Waals surface area contributed by atoms with Crippen LogP contribution in [0, 0.1) is 0 Å². The molecule has 2 aromatic carbocycles. The minimum Gasteiger partial charge on any atom is -0.506 e. The molecule has 3 rings (SSSR count). The molecule has 0 amide bonds. The molecule has 0 fully saturated rings. The van der Waals surface area contributed by atoms with Crippen LogP contribution >= 0.6 is 11.6 Å². The number of nitrogens with one attached hydrogen (secondary N) is 1. The second kappa shape index (κ2) is 6.90. The van der Waals surface area contributed by atoms with Crippen LogP contribution in [0.25, 0.3) is 10.9 Å². The number of halogens is 1. The summed E-state index contributed by atoms with van der Waals surface area (Å²) in [7, 11) is 0. The molecule has 0 bridgehead atoms. The maximum absolute atomic E-state index is 9.53. The summed E-state index contributed by atoms with van der Waals surface area (Å²) in [6.07, 6.45) is 1.47. The molecule has 1 aromatic heterocycles. The van der Waals surface area contributed by atoms with Crippen molar-refractivity contribution in [2.45, 2.75) is 13.0 Å². The first-order valence-electron chi connectivity index (χ1n) is 7.42. The Balaban J connectivity index is 2.01. The molecule has 6 nitrogen and oxygen atoms in total. The lowest BCUT2D eigenvalue weighted by atomic mass is 10.2. The van der Waals surface area contributed by atoms with Crippen molar-refractivity contribution in [3.05, 3.63) is 47.7 Å². The van der Waals surface area contributed by atoms with Crippen LogP contribution in [-0.2, 0) is 0 Å². The highest BCUT2D eigenvalue weighted by molar-refractivity contribution is 6.32. The Labute approximate surface area is 144 Å². The zero-order valence-electron chi connectivity index (χ0n) is 13.0. The summed E-state index contributed by atoms with van der Waals surface area (Å²) < 4.78 is 5.79. The number of hydrogen-bond donors (Lipinski definition) is 3. The van der Waals surface area contributed by atoms with Gasteiger partial charge in [-0.3, -0.25) is 0 Å². The topological polar surface area (TPSA) is 93.3 Å². The van der Waals surface area contributed by atoms with Crippen molar-refractivity contribution in [3.8, 4) is 11.5 Å². The van der Waals surface area contributed by atoms with Crippen molar-refractivity contribution in [2.75, 3.05) is 11.9 Å². The van der Waals surface area contributed by atoms with Gasteiger partial charge in [-0.2, -0.15) is 0 Å². The molecule has 0 unspecified atom stereocenters. The molecule has 0 radical (unpaired) electrons. The van der Waals surface area contributed by atoms with Crippen molar-refractivity contribution in [3.63, 3.8) is 0 Å². The van der Waals surface area contributed by atoms with E-state index >= 15 is 0 Å². The number of rotatable bonds is 5. The van der Waals surface area contributed by atoms with Crippen LogP contribution in [0.2, 0.25) is 5.02 Å². The minimum absolute atomic E-state index is 0.0238. The van der Waals surface area contributed by atoms with Gasteiger partial charge in [0.05, 0.1) is 15.9 Å². The van der Waals surface area contributed by atoms with E-state index in [2.05, 4.69) is 15.3 Å². The molecular weight excluding hydrogens is 328 g/mol. The standard InChI is InChI=1S/C17H17ClN4O2/c1-10(19)8-24-15-4-2-3-13-16(15)17(21-9-20-13)22-11-5-6-14(23)12(18)7-11/h2-7,9-10,23H,8,19H2,1H3,(H,20,21,22)/t10-/m1/s1. The third kappa shape index (κ3) is 3.50. The Hall–Kier alpha value is -2.57. The maximum Gasteiger partial charge on any atom is 0.145 e. The van der Waals surface area contributed by atoms with E-state index in [1.54, 1.807) is 12.1 Å². The second-order valence-corrected chi connectivity index (χ2v) is 5.86. The fourth-order valence-corrected chi connectivity index (χ4v) is 2.42. The highest BCUT2D eigenvalue weighted by Gasteiger charge is 2.11. The van der Waals surface area contributed by atoms with Crippen LogP contribution in [0.1, 0.15) is 6.92 Å². The lowest BCUT2D eigenvalue weighted by molar-refractivity contribution is 0.299. The van der Waals surface area contributed by atoms with Gasteiger partial charge in [-0.25, -0.2) is 9.97 Å². The number of benzene rings is 2. The van der Waals surface area contributed by atoms with Crippen molar-refractivity contribution in [1.29, 1.82) is 0 Å². The number of fused-ring (bicyclic) bond motifs is 1. The number of aromatic hydroxyl groups is 1. The SMILES string of the molecule is C[C@@H](N)COc1cccc2ncnc(Nc3ccc(O)c(Cl)c3)c12. The Morgan fingerprint density at radius 3 is 2.88 bits per heavy atom. The van der Waals surface area contributed by atoms with E-state index in [-0.39, 0.29) is 16.8 Å². The molecule has 0 aliphatic rings. The van der Waals surface area contributed by atoms with Gasteiger partial charge >= 0.3 is 0 Å². The Kier molecular flexibility index (Phi) is 4.69. The van der Waals surface area contributed by atoms with Crippen LogP contribution in [0.5, 0.6) is 11.5 Å². The molecule has 0 aliphatic carbocycles. The number of nitrogens with two attached hydrogens (primary N) is 1. The summed E-state index contributed by atoms with van der Waals surface area (Å²) in [6, 6.07) is 10.4. The molecule has 24 heavy (non-hydrogen) atoms. The molecule has 4 N–H and O–H groups in total. The molecule has 3 aromatic rings. The summed E-state index contributed by atoms with van der Waals surface area (Å²) in [6.45, 7) is 2.26. The van der Waals surface area contributed by atoms with Crippen LogP contribution in [-0.4, -0.2) is 27.7 Å². The fourth-order valence-electron chi connectivity index (χ4n) is 2.24. The average Bonchev–Trinajstić information content (AvgIpc) is 2.56. The molecule has 0 aliphatic heterocycles. The summed E-state index contributed by atoms with van der Waals surface area (Å²) in [5.74, 6) is 1.26. The van der Waals surface area contributed by atoms with E-state index < -0.39 is 0 Å². The van der Waals surface area contributed by atoms with Crippen molar-refractivity contribution in [1.82, 2.24) is 9.97 Å². The van der Waals surface area contributed by atoms with E-state index in [1.807, 2.05) is 25.1 Å². The Morgan fingerprint density at radius 1 is 1.29 bits per heavy atom. The zero-order valence-corrected chi connectivity index (χ0v) is 13.8. The van der Waals surface area contributed by atoms with E-state index in [0.717, 1.165) is 10.9 Å². The Bertz CT molecular complexity index is 865. The summed E-state index contributed by atoms with van der Waals surface area (Å²) in [4.78, 5) is 8.58. The summed E-state index contributed by atoms with van der Waals surface area (Å²) in [5, 5.41) is 13.7. The number of anilines is 2. The van der Waals surface area contributed by atoms with Crippen LogP contribution in [0.15, 0.2) is 42.7 Å². The Morgan fingerprint density at radius 2 is 2.12 bits per heavy atom. The van der Waals surface area contributed by atoms with Gasteiger partial charge in [0.2, 0.25) is 0 Å². The van der Waals surface area contributed by atoms with E-state index in [4.69, 9.17) is 22.1 Å².